The van der Waals surface area contributed by atoms with Crippen LogP contribution in [0, 0.1) is 5.82 Å². The van der Waals surface area contributed by atoms with Gasteiger partial charge in [0, 0.05) is 38.0 Å². The first-order valence-electron chi connectivity index (χ1n) is 9.16. The number of hydrogen-bond acceptors (Lipinski definition) is 5. The molecule has 2 N–H and O–H groups in total. The third-order valence-electron chi connectivity index (χ3n) is 4.17. The van der Waals surface area contributed by atoms with Crippen LogP contribution in [0.15, 0.2) is 46.2 Å². The van der Waals surface area contributed by atoms with Gasteiger partial charge in [-0.3, -0.25) is 14.4 Å². The SMILES string of the molecule is CCN(CC)S(=O)(=O)c1ccc(=O)n(CC(=O)Nc2ccc(F)c(NC(C)=O)c2)c1. The molecule has 30 heavy (non-hydrogen) atoms. The van der Waals surface area contributed by atoms with E-state index in [4.69, 9.17) is 0 Å². The van der Waals surface area contributed by atoms with Crippen molar-refractivity contribution in [1.82, 2.24) is 8.87 Å². The maximum Gasteiger partial charge on any atom is 0.251 e. The highest BCUT2D eigenvalue weighted by molar-refractivity contribution is 7.89. The van der Waals surface area contributed by atoms with Crippen molar-refractivity contribution < 1.29 is 22.4 Å². The minimum absolute atomic E-state index is 0.103. The Kier molecular flexibility index (Phi) is 7.46. The molecular weight excluding hydrogens is 415 g/mol. The standard InChI is InChI=1S/C19H23FN4O5S/c1-4-24(5-2)30(28,29)15-7-9-19(27)23(11-15)12-18(26)22-14-6-8-16(20)17(10-14)21-13(3)25/h6-11H,4-5,12H2,1-3H3,(H,21,25)(H,22,26). The van der Waals surface area contributed by atoms with Crippen LogP contribution in [0.4, 0.5) is 15.8 Å². The summed E-state index contributed by atoms with van der Waals surface area (Å²) in [7, 11) is -3.80. The first kappa shape index (κ1) is 23.2. The second-order valence-corrected chi connectivity index (χ2v) is 8.28. The topological polar surface area (TPSA) is 118 Å². The van der Waals surface area contributed by atoms with Crippen molar-refractivity contribution in [2.75, 3.05) is 23.7 Å². The molecule has 0 aliphatic carbocycles. The normalized spacial score (nSPS) is 11.4. The van der Waals surface area contributed by atoms with Crippen molar-refractivity contribution in [3.05, 3.63) is 52.7 Å². The largest absolute Gasteiger partial charge is 0.324 e. The molecule has 0 fully saturated rings. The molecule has 0 unspecified atom stereocenters. The molecule has 0 spiro atoms. The van der Waals surface area contributed by atoms with E-state index in [9.17, 15) is 27.2 Å². The molecule has 9 nitrogen and oxygen atoms in total. The average molecular weight is 438 g/mol. The molecule has 2 aromatic rings. The van der Waals surface area contributed by atoms with Crippen molar-refractivity contribution in [2.24, 2.45) is 0 Å². The molecule has 0 aliphatic heterocycles. The van der Waals surface area contributed by atoms with Gasteiger partial charge in [-0.1, -0.05) is 13.8 Å². The van der Waals surface area contributed by atoms with E-state index < -0.39 is 39.8 Å². The number of nitrogens with one attached hydrogen (secondary N) is 2. The number of pyridine rings is 1. The highest BCUT2D eigenvalue weighted by atomic mass is 32.2. The highest BCUT2D eigenvalue weighted by Crippen LogP contribution is 2.20. The van der Waals surface area contributed by atoms with Crippen LogP contribution in [0.2, 0.25) is 0 Å². The second-order valence-electron chi connectivity index (χ2n) is 6.34. The van der Waals surface area contributed by atoms with E-state index in [-0.39, 0.29) is 29.4 Å². The molecule has 2 rings (SSSR count). The van der Waals surface area contributed by atoms with E-state index in [2.05, 4.69) is 10.6 Å². The van der Waals surface area contributed by atoms with Gasteiger partial charge in [0.15, 0.2) is 0 Å². The molecule has 2 amide bonds. The molecule has 162 valence electrons. The van der Waals surface area contributed by atoms with E-state index in [1.165, 1.54) is 29.4 Å². The van der Waals surface area contributed by atoms with Crippen LogP contribution < -0.4 is 16.2 Å². The number of rotatable bonds is 8. The lowest BCUT2D eigenvalue weighted by molar-refractivity contribution is -0.117. The molecule has 1 aromatic heterocycles. The fourth-order valence-electron chi connectivity index (χ4n) is 2.74. The summed E-state index contributed by atoms with van der Waals surface area (Å²) >= 11 is 0. The minimum Gasteiger partial charge on any atom is -0.324 e. The summed E-state index contributed by atoms with van der Waals surface area (Å²) in [6.07, 6.45) is 1.11. The summed E-state index contributed by atoms with van der Waals surface area (Å²) in [5, 5.41) is 4.78. The lowest BCUT2D eigenvalue weighted by Crippen LogP contribution is -2.33. The summed E-state index contributed by atoms with van der Waals surface area (Å²) in [5.41, 5.74) is -0.461. The maximum absolute atomic E-state index is 13.7. The molecule has 0 radical (unpaired) electrons. The molecule has 0 aliphatic rings. The van der Waals surface area contributed by atoms with E-state index in [0.29, 0.717) is 0 Å². The predicted octanol–water partition coefficient (Wildman–Crippen LogP) is 1.61. The molecule has 0 saturated heterocycles. The number of hydrogen-bond donors (Lipinski definition) is 2. The van der Waals surface area contributed by atoms with Gasteiger partial charge >= 0.3 is 0 Å². The van der Waals surface area contributed by atoms with E-state index in [1.54, 1.807) is 13.8 Å². The zero-order chi connectivity index (χ0) is 22.5. The smallest absolute Gasteiger partial charge is 0.251 e. The summed E-state index contributed by atoms with van der Waals surface area (Å²) in [5.74, 6) is -1.78. The Morgan fingerprint density at radius 3 is 2.37 bits per heavy atom. The lowest BCUT2D eigenvalue weighted by atomic mass is 10.2. The third-order valence-corrected chi connectivity index (χ3v) is 6.21. The Balaban J connectivity index is 2.24. The highest BCUT2D eigenvalue weighted by Gasteiger charge is 2.22. The maximum atomic E-state index is 13.7. The zero-order valence-electron chi connectivity index (χ0n) is 16.8. The Morgan fingerprint density at radius 1 is 1.10 bits per heavy atom. The van der Waals surface area contributed by atoms with E-state index in [1.807, 2.05) is 0 Å². The van der Waals surface area contributed by atoms with Crippen molar-refractivity contribution in [3.63, 3.8) is 0 Å². The number of amides is 2. The van der Waals surface area contributed by atoms with Crippen LogP contribution in [0.3, 0.4) is 0 Å². The molecule has 1 heterocycles. The Hall–Kier alpha value is -3.05. The molecular formula is C19H23FN4O5S. The average Bonchev–Trinajstić information content (AvgIpc) is 2.66. The van der Waals surface area contributed by atoms with Crippen LogP contribution in [-0.2, 0) is 26.2 Å². The Bertz CT molecular complexity index is 1110. The van der Waals surface area contributed by atoms with Gasteiger partial charge in [-0.15, -0.1) is 0 Å². The monoisotopic (exact) mass is 438 g/mol. The van der Waals surface area contributed by atoms with Gasteiger partial charge < -0.3 is 15.2 Å². The third kappa shape index (κ3) is 5.51. The van der Waals surface area contributed by atoms with Crippen molar-refractivity contribution >= 4 is 33.2 Å². The number of halogens is 1. The number of benzene rings is 1. The van der Waals surface area contributed by atoms with E-state index >= 15 is 0 Å². The summed E-state index contributed by atoms with van der Waals surface area (Å²) in [4.78, 5) is 35.5. The number of sulfonamides is 1. The first-order chi connectivity index (χ1) is 14.1. The quantitative estimate of drug-likeness (QED) is 0.649. The predicted molar refractivity (Wildman–Crippen MR) is 110 cm³/mol. The molecule has 0 atom stereocenters. The molecule has 1 aromatic carbocycles. The first-order valence-corrected chi connectivity index (χ1v) is 10.6. The number of aromatic nitrogens is 1. The van der Waals surface area contributed by atoms with Crippen LogP contribution in [-0.4, -0.2) is 42.2 Å². The van der Waals surface area contributed by atoms with Gasteiger partial charge in [-0.25, -0.2) is 12.8 Å². The van der Waals surface area contributed by atoms with E-state index in [0.717, 1.165) is 22.9 Å². The fourth-order valence-corrected chi connectivity index (χ4v) is 4.22. The summed E-state index contributed by atoms with van der Waals surface area (Å²) in [6.45, 7) is 4.69. The Labute approximate surface area is 173 Å². The van der Waals surface area contributed by atoms with Crippen LogP contribution in [0.5, 0.6) is 0 Å². The van der Waals surface area contributed by atoms with Gasteiger partial charge in [0.2, 0.25) is 21.8 Å². The van der Waals surface area contributed by atoms with Gasteiger partial charge in [0.25, 0.3) is 5.56 Å². The summed E-state index contributed by atoms with van der Waals surface area (Å²) in [6, 6.07) is 5.88. The zero-order valence-corrected chi connectivity index (χ0v) is 17.6. The van der Waals surface area contributed by atoms with Gasteiger partial charge in [0.1, 0.15) is 12.4 Å². The number of carbonyl (C=O) groups is 2. The van der Waals surface area contributed by atoms with Crippen LogP contribution in [0.1, 0.15) is 20.8 Å². The lowest BCUT2D eigenvalue weighted by Gasteiger charge is -2.19. The van der Waals surface area contributed by atoms with Crippen molar-refractivity contribution in [2.45, 2.75) is 32.2 Å². The van der Waals surface area contributed by atoms with Gasteiger partial charge in [-0.05, 0) is 24.3 Å². The van der Waals surface area contributed by atoms with Crippen molar-refractivity contribution in [3.8, 4) is 0 Å². The number of carbonyl (C=O) groups excluding carboxylic acids is 2. The van der Waals surface area contributed by atoms with Gasteiger partial charge in [-0.2, -0.15) is 4.31 Å². The fraction of sp³-hybridized carbons (Fsp3) is 0.316. The molecule has 11 heteroatoms. The minimum atomic E-state index is -3.80. The van der Waals surface area contributed by atoms with Gasteiger partial charge in [0.05, 0.1) is 10.6 Å². The number of nitrogens with zero attached hydrogens (tertiary/aromatic N) is 2. The molecule has 0 saturated carbocycles. The Morgan fingerprint density at radius 2 is 1.77 bits per heavy atom. The summed E-state index contributed by atoms with van der Waals surface area (Å²) < 4.78 is 41.2. The van der Waals surface area contributed by atoms with Crippen LogP contribution >= 0.6 is 0 Å². The van der Waals surface area contributed by atoms with Crippen molar-refractivity contribution in [1.29, 1.82) is 0 Å². The van der Waals surface area contributed by atoms with Crippen LogP contribution in [0.25, 0.3) is 0 Å². The second kappa shape index (κ2) is 9.63. The molecule has 0 bridgehead atoms. The number of anilines is 2.